The van der Waals surface area contributed by atoms with Crippen LogP contribution in [-0.2, 0) is 0 Å². The molecule has 1 aromatic rings. The molecule has 1 fully saturated rings. The van der Waals surface area contributed by atoms with Gasteiger partial charge in [0.1, 0.15) is 5.82 Å². The lowest BCUT2D eigenvalue weighted by atomic mass is 9.98. The summed E-state index contributed by atoms with van der Waals surface area (Å²) < 4.78 is 13.3. The van der Waals surface area contributed by atoms with E-state index < -0.39 is 0 Å². The zero-order valence-corrected chi connectivity index (χ0v) is 10.6. The highest BCUT2D eigenvalue weighted by molar-refractivity contribution is 5.47. The standard InChI is InChI=1S/C14H21FN2/c1-3-17(13-6-4-5-12(15)10-13)14-7-8-16-11(2)9-14/h4-6,10-11,14,16H,3,7-9H2,1-2H3. The molecule has 0 radical (unpaired) electrons. The summed E-state index contributed by atoms with van der Waals surface area (Å²) in [5, 5.41) is 3.45. The fourth-order valence-electron chi connectivity index (χ4n) is 2.70. The van der Waals surface area contributed by atoms with Crippen LogP contribution in [0.2, 0.25) is 0 Å². The van der Waals surface area contributed by atoms with Crippen LogP contribution < -0.4 is 10.2 Å². The number of piperidine rings is 1. The molecule has 3 heteroatoms. The zero-order chi connectivity index (χ0) is 12.3. The summed E-state index contributed by atoms with van der Waals surface area (Å²) in [6.45, 7) is 6.33. The van der Waals surface area contributed by atoms with Gasteiger partial charge in [0.25, 0.3) is 0 Å². The second-order valence-electron chi connectivity index (χ2n) is 4.80. The van der Waals surface area contributed by atoms with Crippen molar-refractivity contribution in [2.45, 2.75) is 38.8 Å². The van der Waals surface area contributed by atoms with Gasteiger partial charge in [-0.15, -0.1) is 0 Å². The number of hydrogen-bond acceptors (Lipinski definition) is 2. The average Bonchev–Trinajstić information content (AvgIpc) is 2.30. The van der Waals surface area contributed by atoms with Crippen LogP contribution in [0.5, 0.6) is 0 Å². The van der Waals surface area contributed by atoms with E-state index >= 15 is 0 Å². The molecule has 2 atom stereocenters. The quantitative estimate of drug-likeness (QED) is 0.868. The predicted molar refractivity (Wildman–Crippen MR) is 69.9 cm³/mol. The lowest BCUT2D eigenvalue weighted by Gasteiger charge is -2.38. The molecule has 2 rings (SSSR count). The second kappa shape index (κ2) is 5.50. The smallest absolute Gasteiger partial charge is 0.125 e. The van der Waals surface area contributed by atoms with Crippen LogP contribution in [0.25, 0.3) is 0 Å². The van der Waals surface area contributed by atoms with Gasteiger partial charge in [-0.3, -0.25) is 0 Å². The number of nitrogens with zero attached hydrogens (tertiary/aromatic N) is 1. The highest BCUT2D eigenvalue weighted by Crippen LogP contribution is 2.23. The van der Waals surface area contributed by atoms with Gasteiger partial charge < -0.3 is 10.2 Å². The Morgan fingerprint density at radius 3 is 2.94 bits per heavy atom. The number of rotatable bonds is 3. The van der Waals surface area contributed by atoms with Crippen LogP contribution in [0.1, 0.15) is 26.7 Å². The van der Waals surface area contributed by atoms with E-state index in [-0.39, 0.29) is 5.82 Å². The van der Waals surface area contributed by atoms with E-state index in [9.17, 15) is 4.39 Å². The first kappa shape index (κ1) is 12.4. The Morgan fingerprint density at radius 1 is 1.47 bits per heavy atom. The summed E-state index contributed by atoms with van der Waals surface area (Å²) in [4.78, 5) is 2.32. The Balaban J connectivity index is 2.15. The second-order valence-corrected chi connectivity index (χ2v) is 4.80. The lowest BCUT2D eigenvalue weighted by Crippen LogP contribution is -2.47. The molecule has 1 saturated heterocycles. The number of anilines is 1. The average molecular weight is 236 g/mol. The fraction of sp³-hybridized carbons (Fsp3) is 0.571. The molecule has 0 bridgehead atoms. The Bertz CT molecular complexity index is 367. The van der Waals surface area contributed by atoms with Crippen LogP contribution in [0.3, 0.4) is 0 Å². The molecule has 1 aliphatic heterocycles. The minimum atomic E-state index is -0.150. The zero-order valence-electron chi connectivity index (χ0n) is 10.6. The Hall–Kier alpha value is -1.09. The Morgan fingerprint density at radius 2 is 2.29 bits per heavy atom. The molecule has 0 saturated carbocycles. The van der Waals surface area contributed by atoms with E-state index in [4.69, 9.17) is 0 Å². The van der Waals surface area contributed by atoms with Gasteiger partial charge in [-0.05, 0) is 51.4 Å². The Kier molecular flexibility index (Phi) is 4.00. The van der Waals surface area contributed by atoms with Gasteiger partial charge in [0.15, 0.2) is 0 Å². The third kappa shape index (κ3) is 2.97. The summed E-state index contributed by atoms with van der Waals surface area (Å²) in [6, 6.07) is 8.00. The first-order chi connectivity index (χ1) is 8.20. The predicted octanol–water partition coefficient (Wildman–Crippen LogP) is 2.79. The highest BCUT2D eigenvalue weighted by atomic mass is 19.1. The van der Waals surface area contributed by atoms with Gasteiger partial charge in [0, 0.05) is 24.3 Å². The van der Waals surface area contributed by atoms with Gasteiger partial charge in [-0.2, -0.15) is 0 Å². The SMILES string of the molecule is CCN(c1cccc(F)c1)C1CCNC(C)C1. The highest BCUT2D eigenvalue weighted by Gasteiger charge is 2.23. The summed E-state index contributed by atoms with van der Waals surface area (Å²) in [6.07, 6.45) is 2.26. The van der Waals surface area contributed by atoms with E-state index in [1.54, 1.807) is 12.1 Å². The van der Waals surface area contributed by atoms with Crippen LogP contribution in [0.4, 0.5) is 10.1 Å². The molecule has 17 heavy (non-hydrogen) atoms. The molecule has 94 valence electrons. The lowest BCUT2D eigenvalue weighted by molar-refractivity contribution is 0.365. The van der Waals surface area contributed by atoms with E-state index in [0.717, 1.165) is 31.6 Å². The van der Waals surface area contributed by atoms with Crippen molar-refractivity contribution in [2.24, 2.45) is 0 Å². The first-order valence-electron chi connectivity index (χ1n) is 6.46. The van der Waals surface area contributed by atoms with Crippen molar-refractivity contribution < 1.29 is 4.39 Å². The number of benzene rings is 1. The van der Waals surface area contributed by atoms with Crippen molar-refractivity contribution in [2.75, 3.05) is 18.0 Å². The summed E-state index contributed by atoms with van der Waals surface area (Å²) >= 11 is 0. The molecule has 0 spiro atoms. The van der Waals surface area contributed by atoms with Gasteiger partial charge in [-0.25, -0.2) is 4.39 Å². The molecule has 2 nitrogen and oxygen atoms in total. The van der Waals surface area contributed by atoms with Gasteiger partial charge in [-0.1, -0.05) is 6.07 Å². The van der Waals surface area contributed by atoms with Crippen LogP contribution in [0.15, 0.2) is 24.3 Å². The third-order valence-electron chi connectivity index (χ3n) is 3.52. The van der Waals surface area contributed by atoms with E-state index in [0.29, 0.717) is 12.1 Å². The molecule has 1 aromatic carbocycles. The molecule has 0 aromatic heterocycles. The largest absolute Gasteiger partial charge is 0.369 e. The van der Waals surface area contributed by atoms with Crippen molar-refractivity contribution in [1.29, 1.82) is 0 Å². The van der Waals surface area contributed by atoms with Gasteiger partial charge in [0.05, 0.1) is 0 Å². The monoisotopic (exact) mass is 236 g/mol. The fourth-order valence-corrected chi connectivity index (χ4v) is 2.70. The number of halogens is 1. The Labute approximate surface area is 103 Å². The number of hydrogen-bond donors (Lipinski definition) is 1. The molecule has 1 N–H and O–H groups in total. The summed E-state index contributed by atoms with van der Waals surface area (Å²) in [5.74, 6) is -0.150. The van der Waals surface area contributed by atoms with Crippen molar-refractivity contribution in [3.63, 3.8) is 0 Å². The molecule has 0 aliphatic carbocycles. The maximum Gasteiger partial charge on any atom is 0.125 e. The van der Waals surface area contributed by atoms with Crippen LogP contribution in [0, 0.1) is 5.82 Å². The first-order valence-corrected chi connectivity index (χ1v) is 6.46. The normalized spacial score (nSPS) is 24.6. The van der Waals surface area contributed by atoms with E-state index in [2.05, 4.69) is 24.1 Å². The van der Waals surface area contributed by atoms with Crippen LogP contribution in [-0.4, -0.2) is 25.2 Å². The maximum atomic E-state index is 13.3. The third-order valence-corrected chi connectivity index (χ3v) is 3.52. The van der Waals surface area contributed by atoms with Crippen molar-refractivity contribution in [1.82, 2.24) is 5.32 Å². The minimum absolute atomic E-state index is 0.150. The van der Waals surface area contributed by atoms with E-state index in [1.165, 1.54) is 6.07 Å². The molecular formula is C14H21FN2. The molecule has 1 aliphatic rings. The maximum absolute atomic E-state index is 13.3. The van der Waals surface area contributed by atoms with Gasteiger partial charge >= 0.3 is 0 Å². The molecule has 0 amide bonds. The van der Waals surface area contributed by atoms with Crippen molar-refractivity contribution in [3.05, 3.63) is 30.1 Å². The topological polar surface area (TPSA) is 15.3 Å². The van der Waals surface area contributed by atoms with Crippen molar-refractivity contribution in [3.8, 4) is 0 Å². The minimum Gasteiger partial charge on any atom is -0.369 e. The molecular weight excluding hydrogens is 215 g/mol. The van der Waals surface area contributed by atoms with Crippen LogP contribution >= 0.6 is 0 Å². The van der Waals surface area contributed by atoms with Crippen molar-refractivity contribution >= 4 is 5.69 Å². The van der Waals surface area contributed by atoms with Gasteiger partial charge in [0.2, 0.25) is 0 Å². The number of nitrogens with one attached hydrogen (secondary N) is 1. The molecule has 1 heterocycles. The summed E-state index contributed by atoms with van der Waals surface area (Å²) in [5.41, 5.74) is 1.01. The van der Waals surface area contributed by atoms with E-state index in [1.807, 2.05) is 6.07 Å². The molecule has 2 unspecified atom stereocenters. The summed E-state index contributed by atoms with van der Waals surface area (Å²) in [7, 11) is 0.